The highest BCUT2D eigenvalue weighted by Gasteiger charge is 2.22. The van der Waals surface area contributed by atoms with Crippen molar-refractivity contribution in [2.24, 2.45) is 5.10 Å². The number of aryl methyl sites for hydroxylation is 2. The maximum Gasteiger partial charge on any atom is 0.343 e. The van der Waals surface area contributed by atoms with Crippen molar-refractivity contribution in [2.75, 3.05) is 0 Å². The van der Waals surface area contributed by atoms with Gasteiger partial charge in [-0.25, -0.2) is 10.2 Å². The molecule has 2 N–H and O–H groups in total. The van der Waals surface area contributed by atoms with Gasteiger partial charge in [0.05, 0.1) is 16.3 Å². The Bertz CT molecular complexity index is 1800. The number of halogens is 3. The summed E-state index contributed by atoms with van der Waals surface area (Å²) >= 11 is 13.5. The van der Waals surface area contributed by atoms with Gasteiger partial charge in [0.25, 0.3) is 5.91 Å². The van der Waals surface area contributed by atoms with Gasteiger partial charge >= 0.3 is 5.97 Å². The maximum atomic E-state index is 13.4. The number of hydrogen-bond acceptors (Lipinski definition) is 4. The third-order valence-corrected chi connectivity index (χ3v) is 7.68. The number of amides is 1. The van der Waals surface area contributed by atoms with Crippen LogP contribution in [-0.2, 0) is 0 Å². The molecule has 6 nitrogen and oxygen atoms in total. The Hall–Kier alpha value is -3.72. The van der Waals surface area contributed by atoms with E-state index in [4.69, 9.17) is 16.3 Å². The van der Waals surface area contributed by atoms with E-state index in [1.165, 1.54) is 6.21 Å². The van der Waals surface area contributed by atoms with Crippen LogP contribution in [0.4, 0.5) is 0 Å². The predicted octanol–water partition coefficient (Wildman–Crippen LogP) is 8.61. The number of aromatic nitrogens is 1. The molecule has 0 radical (unpaired) electrons. The van der Waals surface area contributed by atoms with E-state index in [2.05, 4.69) is 47.4 Å². The molecule has 5 aromatic rings. The monoisotopic (exact) mass is 677 g/mol. The molecule has 0 fully saturated rings. The summed E-state index contributed by atoms with van der Waals surface area (Å²) in [5.41, 5.74) is 8.11. The minimum atomic E-state index is -0.514. The second-order valence-electron chi connectivity index (χ2n) is 9.11. The SMILES string of the molecule is Cc1ccc(C(=O)Oc2c(Br)cc(Br)cc2C=NNC(=O)c2[nH]c3c(C)cccc3c2-c2ccccc2Cl)cc1. The Morgan fingerprint density at radius 1 is 0.975 bits per heavy atom. The van der Waals surface area contributed by atoms with Crippen LogP contribution in [0.3, 0.4) is 0 Å². The van der Waals surface area contributed by atoms with Crippen molar-refractivity contribution in [1.82, 2.24) is 10.4 Å². The number of nitrogens with one attached hydrogen (secondary N) is 2. The van der Waals surface area contributed by atoms with E-state index in [1.54, 1.807) is 30.3 Å². The number of benzene rings is 4. The summed E-state index contributed by atoms with van der Waals surface area (Å²) in [6.07, 6.45) is 1.42. The number of rotatable bonds is 6. The first-order valence-electron chi connectivity index (χ1n) is 12.2. The third-order valence-electron chi connectivity index (χ3n) is 6.30. The summed E-state index contributed by atoms with van der Waals surface area (Å²) in [5, 5.41) is 5.60. The standard InChI is InChI=1S/C31H22Br2ClN3O3/c1-17-10-12-19(13-11-17)31(39)40-29-20(14-21(32)15-24(29)33)16-35-37-30(38)28-26(22-7-3-4-9-25(22)34)23-8-5-6-18(2)27(23)36-28/h3-16,36H,1-2H3,(H,37,38). The van der Waals surface area contributed by atoms with Crippen LogP contribution in [0, 0.1) is 13.8 Å². The lowest BCUT2D eigenvalue weighted by atomic mass is 10.0. The van der Waals surface area contributed by atoms with Crippen LogP contribution in [0.1, 0.15) is 37.5 Å². The van der Waals surface area contributed by atoms with E-state index in [1.807, 2.05) is 62.4 Å². The number of carbonyl (C=O) groups is 2. The van der Waals surface area contributed by atoms with Gasteiger partial charge in [-0.15, -0.1) is 0 Å². The first kappa shape index (κ1) is 27.8. The number of ether oxygens (including phenoxy) is 1. The number of hydrogen-bond donors (Lipinski definition) is 2. The van der Waals surface area contributed by atoms with Crippen LogP contribution in [0.2, 0.25) is 5.02 Å². The smallest absolute Gasteiger partial charge is 0.343 e. The summed E-state index contributed by atoms with van der Waals surface area (Å²) in [5.74, 6) is -0.696. The summed E-state index contributed by atoms with van der Waals surface area (Å²) in [6.45, 7) is 3.91. The van der Waals surface area contributed by atoms with Gasteiger partial charge < -0.3 is 9.72 Å². The molecule has 5 rings (SSSR count). The van der Waals surface area contributed by atoms with Gasteiger partial charge in [0.2, 0.25) is 0 Å². The van der Waals surface area contributed by atoms with Crippen LogP contribution in [0.15, 0.2) is 92.9 Å². The molecule has 1 aromatic heterocycles. The number of esters is 1. The van der Waals surface area contributed by atoms with Gasteiger partial charge in [-0.3, -0.25) is 4.79 Å². The van der Waals surface area contributed by atoms with Crippen LogP contribution >= 0.6 is 43.5 Å². The Labute approximate surface area is 252 Å². The van der Waals surface area contributed by atoms with Crippen LogP contribution in [0.25, 0.3) is 22.0 Å². The summed E-state index contributed by atoms with van der Waals surface area (Å²) in [6, 6.07) is 23.8. The number of hydrazone groups is 1. The Morgan fingerprint density at radius 3 is 2.48 bits per heavy atom. The molecule has 0 saturated heterocycles. The van der Waals surface area contributed by atoms with Crippen molar-refractivity contribution in [3.63, 3.8) is 0 Å². The average Bonchev–Trinajstić information content (AvgIpc) is 3.32. The van der Waals surface area contributed by atoms with Crippen molar-refractivity contribution in [1.29, 1.82) is 0 Å². The van der Waals surface area contributed by atoms with E-state index in [-0.39, 0.29) is 5.75 Å². The number of nitrogens with zero attached hydrogens (tertiary/aromatic N) is 1. The van der Waals surface area contributed by atoms with Crippen molar-refractivity contribution >= 4 is 72.5 Å². The molecule has 1 heterocycles. The molecular weight excluding hydrogens is 658 g/mol. The lowest BCUT2D eigenvalue weighted by Crippen LogP contribution is -2.19. The van der Waals surface area contributed by atoms with Crippen molar-refractivity contribution in [3.05, 3.63) is 121 Å². The first-order valence-corrected chi connectivity index (χ1v) is 14.2. The summed E-state index contributed by atoms with van der Waals surface area (Å²) < 4.78 is 6.99. The second kappa shape index (κ2) is 11.8. The number of aromatic amines is 1. The quantitative estimate of drug-likeness (QED) is 0.0816. The zero-order valence-corrected chi connectivity index (χ0v) is 25.3. The summed E-state index contributed by atoms with van der Waals surface area (Å²) in [7, 11) is 0. The zero-order valence-electron chi connectivity index (χ0n) is 21.4. The van der Waals surface area contributed by atoms with E-state index < -0.39 is 11.9 Å². The average molecular weight is 680 g/mol. The first-order chi connectivity index (χ1) is 19.2. The Balaban J connectivity index is 1.46. The molecule has 4 aromatic carbocycles. The lowest BCUT2D eigenvalue weighted by Gasteiger charge is -2.11. The Kier molecular flexibility index (Phi) is 8.21. The molecule has 0 atom stereocenters. The van der Waals surface area contributed by atoms with E-state index in [0.29, 0.717) is 31.9 Å². The normalized spacial score (nSPS) is 11.2. The minimum absolute atomic E-state index is 0.268. The maximum absolute atomic E-state index is 13.4. The highest BCUT2D eigenvalue weighted by molar-refractivity contribution is 9.11. The van der Waals surface area contributed by atoms with Gasteiger partial charge in [-0.2, -0.15) is 5.10 Å². The summed E-state index contributed by atoms with van der Waals surface area (Å²) in [4.78, 5) is 29.5. The van der Waals surface area contributed by atoms with Crippen molar-refractivity contribution < 1.29 is 14.3 Å². The molecule has 0 saturated carbocycles. The minimum Gasteiger partial charge on any atom is -0.421 e. The van der Waals surface area contributed by atoms with Gasteiger partial charge in [0, 0.05) is 37.1 Å². The van der Waals surface area contributed by atoms with E-state index in [9.17, 15) is 9.59 Å². The van der Waals surface area contributed by atoms with Crippen LogP contribution in [-0.4, -0.2) is 23.1 Å². The Morgan fingerprint density at radius 2 is 1.73 bits per heavy atom. The lowest BCUT2D eigenvalue weighted by molar-refractivity contribution is 0.0733. The van der Waals surface area contributed by atoms with Gasteiger partial charge in [-0.05, 0) is 65.7 Å². The molecule has 9 heteroatoms. The molecule has 0 aliphatic carbocycles. The fourth-order valence-electron chi connectivity index (χ4n) is 4.32. The zero-order chi connectivity index (χ0) is 28.4. The number of carbonyl (C=O) groups excluding carboxylic acids is 2. The molecule has 1 amide bonds. The largest absolute Gasteiger partial charge is 0.421 e. The van der Waals surface area contributed by atoms with Crippen molar-refractivity contribution in [2.45, 2.75) is 13.8 Å². The number of para-hydroxylation sites is 1. The molecule has 0 bridgehead atoms. The molecule has 40 heavy (non-hydrogen) atoms. The van der Waals surface area contributed by atoms with E-state index >= 15 is 0 Å². The highest BCUT2D eigenvalue weighted by Crippen LogP contribution is 2.37. The van der Waals surface area contributed by atoms with Gasteiger partial charge in [-0.1, -0.05) is 81.6 Å². The second-order valence-corrected chi connectivity index (χ2v) is 11.3. The van der Waals surface area contributed by atoms with Crippen molar-refractivity contribution in [3.8, 4) is 16.9 Å². The fourth-order valence-corrected chi connectivity index (χ4v) is 5.89. The molecule has 0 spiro atoms. The van der Waals surface area contributed by atoms with Crippen LogP contribution in [0.5, 0.6) is 5.75 Å². The molecule has 0 aliphatic rings. The number of fused-ring (bicyclic) bond motifs is 1. The third kappa shape index (κ3) is 5.75. The van der Waals surface area contributed by atoms with Gasteiger partial charge in [0.15, 0.2) is 5.75 Å². The molecular formula is C31H22Br2ClN3O3. The molecule has 0 aliphatic heterocycles. The predicted molar refractivity (Wildman–Crippen MR) is 167 cm³/mol. The molecule has 0 unspecified atom stereocenters. The topological polar surface area (TPSA) is 83.5 Å². The van der Waals surface area contributed by atoms with Crippen LogP contribution < -0.4 is 10.2 Å². The van der Waals surface area contributed by atoms with E-state index in [0.717, 1.165) is 32.1 Å². The fraction of sp³-hybridized carbons (Fsp3) is 0.0645. The number of H-pyrrole nitrogens is 1. The highest BCUT2D eigenvalue weighted by atomic mass is 79.9. The van der Waals surface area contributed by atoms with Gasteiger partial charge in [0.1, 0.15) is 5.69 Å². The molecule has 200 valence electrons.